The van der Waals surface area contributed by atoms with Crippen LogP contribution in [0, 0.1) is 22.7 Å². The van der Waals surface area contributed by atoms with Gasteiger partial charge in [0.25, 0.3) is 0 Å². The maximum atomic E-state index is 11.4. The van der Waals surface area contributed by atoms with E-state index in [4.69, 9.17) is 5.26 Å². The molecule has 1 aliphatic heterocycles. The van der Waals surface area contributed by atoms with Crippen molar-refractivity contribution in [3.05, 3.63) is 58.1 Å². The highest BCUT2D eigenvalue weighted by Crippen LogP contribution is 2.36. The van der Waals surface area contributed by atoms with Gasteiger partial charge < -0.3 is 10.2 Å². The summed E-state index contributed by atoms with van der Waals surface area (Å²) in [5.41, 5.74) is 2.83. The third-order valence-electron chi connectivity index (χ3n) is 4.13. The number of benzene rings is 2. The highest BCUT2D eigenvalue weighted by molar-refractivity contribution is 5.91. The number of carboxylic acids is 1. The summed E-state index contributed by atoms with van der Waals surface area (Å²) in [7, 11) is 0. The van der Waals surface area contributed by atoms with Crippen LogP contribution in [0.5, 0.6) is 0 Å². The normalized spacial score (nSPS) is 12.2. The van der Waals surface area contributed by atoms with E-state index in [2.05, 4.69) is 0 Å². The summed E-state index contributed by atoms with van der Waals surface area (Å²) in [5.74, 6) is -1.13. The van der Waals surface area contributed by atoms with Crippen molar-refractivity contribution in [2.45, 2.75) is 13.1 Å². The number of amides is 1. The molecule has 2 aromatic rings. The standard InChI is InChI=1S/C18H11N3O4/c19-6-10-1-2-14(12(3-10)7-20)15-5-11(17(22)23)4-13-8-21(18(24)25)9-16(13)15/h1-5H,8-9H2,(H,22,23)(H,24,25). The van der Waals surface area contributed by atoms with Crippen LogP contribution in [-0.4, -0.2) is 27.2 Å². The van der Waals surface area contributed by atoms with Gasteiger partial charge in [-0.1, -0.05) is 6.07 Å². The number of carbonyl (C=O) groups is 2. The molecule has 1 aliphatic rings. The Kier molecular flexibility index (Phi) is 3.84. The van der Waals surface area contributed by atoms with E-state index in [-0.39, 0.29) is 24.2 Å². The van der Waals surface area contributed by atoms with Gasteiger partial charge in [0.05, 0.1) is 35.4 Å². The minimum absolute atomic E-state index is 0.0224. The molecule has 0 aromatic heterocycles. The Labute approximate surface area is 142 Å². The fourth-order valence-electron chi connectivity index (χ4n) is 2.95. The molecule has 3 rings (SSSR count). The van der Waals surface area contributed by atoms with Gasteiger partial charge in [0.15, 0.2) is 0 Å². The summed E-state index contributed by atoms with van der Waals surface area (Å²) in [6.45, 7) is 0.210. The minimum atomic E-state index is -1.13. The number of nitriles is 2. The predicted molar refractivity (Wildman–Crippen MR) is 85.5 cm³/mol. The molecular weight excluding hydrogens is 322 g/mol. The third kappa shape index (κ3) is 2.75. The Balaban J connectivity index is 2.24. The number of carboxylic acid groups (broad SMARTS) is 2. The van der Waals surface area contributed by atoms with Gasteiger partial charge in [-0.2, -0.15) is 10.5 Å². The van der Waals surface area contributed by atoms with Crippen LogP contribution in [0.2, 0.25) is 0 Å². The van der Waals surface area contributed by atoms with E-state index in [9.17, 15) is 25.1 Å². The van der Waals surface area contributed by atoms with Crippen LogP contribution in [-0.2, 0) is 13.1 Å². The second-order valence-electron chi connectivity index (χ2n) is 5.59. The Bertz CT molecular complexity index is 999. The van der Waals surface area contributed by atoms with E-state index in [1.807, 2.05) is 12.1 Å². The molecule has 7 heteroatoms. The maximum absolute atomic E-state index is 11.4. The number of fused-ring (bicyclic) bond motifs is 1. The van der Waals surface area contributed by atoms with Crippen LogP contribution >= 0.6 is 0 Å². The molecule has 25 heavy (non-hydrogen) atoms. The second-order valence-corrected chi connectivity index (χ2v) is 5.59. The lowest BCUT2D eigenvalue weighted by molar-refractivity contribution is 0.0696. The number of nitrogens with zero attached hydrogens (tertiary/aromatic N) is 3. The zero-order chi connectivity index (χ0) is 18.1. The van der Waals surface area contributed by atoms with Crippen molar-refractivity contribution in [3.63, 3.8) is 0 Å². The van der Waals surface area contributed by atoms with E-state index in [0.717, 1.165) is 0 Å². The molecule has 0 saturated carbocycles. The van der Waals surface area contributed by atoms with Crippen molar-refractivity contribution in [1.29, 1.82) is 10.5 Å². The molecule has 2 aromatic carbocycles. The fourth-order valence-corrected chi connectivity index (χ4v) is 2.95. The fraction of sp³-hybridized carbons (Fsp3) is 0.111. The molecule has 7 nitrogen and oxygen atoms in total. The zero-order valence-electron chi connectivity index (χ0n) is 12.9. The molecular formula is C18H11N3O4. The average molecular weight is 333 g/mol. The van der Waals surface area contributed by atoms with Crippen molar-refractivity contribution in [2.24, 2.45) is 0 Å². The molecule has 1 heterocycles. The van der Waals surface area contributed by atoms with Gasteiger partial charge >= 0.3 is 12.1 Å². The molecule has 1 amide bonds. The van der Waals surface area contributed by atoms with Crippen LogP contribution in [0.15, 0.2) is 30.3 Å². The van der Waals surface area contributed by atoms with Gasteiger partial charge in [-0.15, -0.1) is 0 Å². The molecule has 0 aliphatic carbocycles. The molecule has 0 bridgehead atoms. The first-order valence-electron chi connectivity index (χ1n) is 7.26. The van der Waals surface area contributed by atoms with E-state index >= 15 is 0 Å². The van der Waals surface area contributed by atoms with Gasteiger partial charge in [-0.25, -0.2) is 9.59 Å². The summed E-state index contributed by atoms with van der Waals surface area (Å²) >= 11 is 0. The third-order valence-corrected chi connectivity index (χ3v) is 4.13. The number of aromatic carboxylic acids is 1. The lowest BCUT2D eigenvalue weighted by Crippen LogP contribution is -2.22. The minimum Gasteiger partial charge on any atom is -0.478 e. The summed E-state index contributed by atoms with van der Waals surface area (Å²) in [6, 6.07) is 11.4. The Morgan fingerprint density at radius 1 is 1.00 bits per heavy atom. The molecule has 0 atom stereocenters. The van der Waals surface area contributed by atoms with Crippen LogP contribution in [0.1, 0.15) is 32.6 Å². The summed E-state index contributed by atoms with van der Waals surface area (Å²) in [6.07, 6.45) is -1.10. The predicted octanol–water partition coefficient (Wildman–Crippen LogP) is 2.79. The molecule has 0 spiro atoms. The maximum Gasteiger partial charge on any atom is 0.407 e. The summed E-state index contributed by atoms with van der Waals surface area (Å²) in [5, 5.41) is 36.9. The average Bonchev–Trinajstić information content (AvgIpc) is 3.04. The largest absolute Gasteiger partial charge is 0.478 e. The van der Waals surface area contributed by atoms with Crippen molar-refractivity contribution >= 4 is 12.1 Å². The van der Waals surface area contributed by atoms with Gasteiger partial charge in [0.1, 0.15) is 0 Å². The highest BCUT2D eigenvalue weighted by atomic mass is 16.4. The Morgan fingerprint density at radius 3 is 2.36 bits per heavy atom. The molecule has 0 fully saturated rings. The Morgan fingerprint density at radius 2 is 1.76 bits per heavy atom. The van der Waals surface area contributed by atoms with Gasteiger partial charge in [-0.3, -0.25) is 4.90 Å². The lowest BCUT2D eigenvalue weighted by atomic mass is 9.91. The molecule has 122 valence electrons. The molecule has 0 unspecified atom stereocenters. The van der Waals surface area contributed by atoms with Crippen molar-refractivity contribution in [1.82, 2.24) is 4.90 Å². The number of hydrogen-bond acceptors (Lipinski definition) is 4. The van der Waals surface area contributed by atoms with Gasteiger partial charge in [0, 0.05) is 6.54 Å². The molecule has 0 saturated heterocycles. The summed E-state index contributed by atoms with van der Waals surface area (Å²) < 4.78 is 0. The van der Waals surface area contributed by atoms with Gasteiger partial charge in [-0.05, 0) is 46.5 Å². The number of rotatable bonds is 2. The summed E-state index contributed by atoms with van der Waals surface area (Å²) in [4.78, 5) is 23.9. The molecule has 0 radical (unpaired) electrons. The van der Waals surface area contributed by atoms with Crippen LogP contribution in [0.3, 0.4) is 0 Å². The van der Waals surface area contributed by atoms with E-state index in [1.54, 1.807) is 12.1 Å². The zero-order valence-corrected chi connectivity index (χ0v) is 12.9. The van der Waals surface area contributed by atoms with E-state index in [0.29, 0.717) is 27.8 Å². The monoisotopic (exact) mass is 333 g/mol. The first-order valence-corrected chi connectivity index (χ1v) is 7.26. The van der Waals surface area contributed by atoms with Gasteiger partial charge in [0.2, 0.25) is 0 Å². The van der Waals surface area contributed by atoms with E-state index < -0.39 is 12.1 Å². The highest BCUT2D eigenvalue weighted by Gasteiger charge is 2.28. The lowest BCUT2D eigenvalue weighted by Gasteiger charge is -2.12. The first-order chi connectivity index (χ1) is 11.9. The van der Waals surface area contributed by atoms with Crippen LogP contribution in [0.25, 0.3) is 11.1 Å². The molecule has 2 N–H and O–H groups in total. The SMILES string of the molecule is N#Cc1ccc(-c2cc(C(=O)O)cc3c2CN(C(=O)O)C3)c(C#N)c1. The van der Waals surface area contributed by atoms with Crippen LogP contribution in [0.4, 0.5) is 4.79 Å². The van der Waals surface area contributed by atoms with Crippen molar-refractivity contribution in [2.75, 3.05) is 0 Å². The van der Waals surface area contributed by atoms with Crippen molar-refractivity contribution in [3.8, 4) is 23.3 Å². The first kappa shape index (κ1) is 16.0. The Hall–Kier alpha value is -3.84. The van der Waals surface area contributed by atoms with Crippen LogP contribution < -0.4 is 0 Å². The van der Waals surface area contributed by atoms with Crippen molar-refractivity contribution < 1.29 is 19.8 Å². The quantitative estimate of drug-likeness (QED) is 0.870. The second kappa shape index (κ2) is 5.99. The van der Waals surface area contributed by atoms with E-state index in [1.165, 1.54) is 23.1 Å². The number of hydrogen-bond donors (Lipinski definition) is 2. The topological polar surface area (TPSA) is 125 Å². The smallest absolute Gasteiger partial charge is 0.407 e.